The molecule has 0 bridgehead atoms. The van der Waals surface area contributed by atoms with E-state index in [-0.39, 0.29) is 0 Å². The second kappa shape index (κ2) is 3.45. The van der Waals surface area contributed by atoms with Gasteiger partial charge in [-0.05, 0) is 50.7 Å². The van der Waals surface area contributed by atoms with E-state index in [1.54, 1.807) is 11.3 Å². The monoisotopic (exact) mass is 232 g/mol. The third-order valence-electron chi connectivity index (χ3n) is 3.64. The van der Waals surface area contributed by atoms with Gasteiger partial charge in [0.2, 0.25) is 0 Å². The highest BCUT2D eigenvalue weighted by Crippen LogP contribution is 2.37. The highest BCUT2D eigenvalue weighted by molar-refractivity contribution is 7.18. The van der Waals surface area contributed by atoms with Crippen LogP contribution >= 0.6 is 11.3 Å². The van der Waals surface area contributed by atoms with Gasteiger partial charge in [0, 0.05) is 21.6 Å². The molecule has 0 spiro atoms. The molecule has 1 aliphatic carbocycles. The average Bonchev–Trinajstić information content (AvgIpc) is 2.55. The molecule has 2 aromatic rings. The maximum Gasteiger partial charge on any atom is 0.126 e. The topological polar surface area (TPSA) is 38.9 Å². The zero-order chi connectivity index (χ0) is 11.3. The summed E-state index contributed by atoms with van der Waals surface area (Å²) in [5.41, 5.74) is 11.2. The lowest BCUT2D eigenvalue weighted by molar-refractivity contribution is 0.673. The molecule has 2 nitrogen and oxygen atoms in total. The minimum absolute atomic E-state index is 1.00. The zero-order valence-electron chi connectivity index (χ0n) is 9.76. The van der Waals surface area contributed by atoms with Gasteiger partial charge >= 0.3 is 0 Å². The number of aryl methyl sites for hydroxylation is 3. The Bertz CT molecular complexity index is 569. The summed E-state index contributed by atoms with van der Waals surface area (Å²) in [6.07, 6.45) is 4.73. The normalized spacial score (nSPS) is 15.4. The van der Waals surface area contributed by atoms with Gasteiger partial charge in [-0.2, -0.15) is 0 Å². The summed E-state index contributed by atoms with van der Waals surface area (Å²) in [5, 5.41) is 1.21. The highest BCUT2D eigenvalue weighted by Gasteiger charge is 2.19. The molecule has 0 amide bonds. The molecule has 0 aliphatic heterocycles. The first-order valence-corrected chi connectivity index (χ1v) is 6.67. The summed E-state index contributed by atoms with van der Waals surface area (Å²) < 4.78 is 0. The van der Waals surface area contributed by atoms with Gasteiger partial charge in [0.15, 0.2) is 0 Å². The Morgan fingerprint density at radius 1 is 1.19 bits per heavy atom. The zero-order valence-corrected chi connectivity index (χ0v) is 10.6. The highest BCUT2D eigenvalue weighted by atomic mass is 32.1. The minimum Gasteiger partial charge on any atom is -0.398 e. The fraction of sp³-hybridized carbons (Fsp3) is 0.462. The molecule has 0 saturated carbocycles. The van der Waals surface area contributed by atoms with E-state index in [1.807, 2.05) is 0 Å². The first kappa shape index (κ1) is 10.1. The molecule has 2 aromatic heterocycles. The van der Waals surface area contributed by atoms with E-state index in [0.717, 1.165) is 23.4 Å². The summed E-state index contributed by atoms with van der Waals surface area (Å²) in [6, 6.07) is 0. The predicted octanol–water partition coefficient (Wildman–Crippen LogP) is 3.37. The van der Waals surface area contributed by atoms with Gasteiger partial charge < -0.3 is 5.73 Å². The van der Waals surface area contributed by atoms with Gasteiger partial charge in [-0.15, -0.1) is 11.3 Å². The molecule has 2 heterocycles. The van der Waals surface area contributed by atoms with Crippen molar-refractivity contribution in [2.24, 2.45) is 0 Å². The standard InChI is InChI=1S/C13H16N2S/c1-7-8(2)16-13-11(7)12(14)9-5-3-4-6-10(9)15-13/h3-6H2,1-2H3,(H2,14,15). The SMILES string of the molecule is Cc1sc2nc3c(c(N)c2c1C)CCCC3. The van der Waals surface area contributed by atoms with Crippen molar-refractivity contribution in [3.05, 3.63) is 21.7 Å². The minimum atomic E-state index is 1.00. The van der Waals surface area contributed by atoms with Crippen molar-refractivity contribution in [3.8, 4) is 0 Å². The Morgan fingerprint density at radius 3 is 2.75 bits per heavy atom. The van der Waals surface area contributed by atoms with Crippen molar-refractivity contribution in [3.63, 3.8) is 0 Å². The fourth-order valence-corrected chi connectivity index (χ4v) is 3.65. The summed E-state index contributed by atoms with van der Waals surface area (Å²) in [7, 11) is 0. The number of hydrogen-bond acceptors (Lipinski definition) is 3. The number of aromatic nitrogens is 1. The number of hydrogen-bond donors (Lipinski definition) is 1. The van der Waals surface area contributed by atoms with E-state index in [9.17, 15) is 0 Å². The molecule has 16 heavy (non-hydrogen) atoms. The number of rotatable bonds is 0. The molecule has 84 valence electrons. The van der Waals surface area contributed by atoms with Gasteiger partial charge in [0.1, 0.15) is 4.83 Å². The lowest BCUT2D eigenvalue weighted by atomic mass is 9.93. The smallest absolute Gasteiger partial charge is 0.126 e. The maximum atomic E-state index is 6.32. The third kappa shape index (κ3) is 1.27. The van der Waals surface area contributed by atoms with Gasteiger partial charge in [0.25, 0.3) is 0 Å². The molecule has 0 atom stereocenters. The number of thiophene rings is 1. The molecule has 3 heteroatoms. The van der Waals surface area contributed by atoms with Gasteiger partial charge in [0.05, 0.1) is 0 Å². The molecule has 0 fully saturated rings. The Labute approximate surface area is 99.5 Å². The van der Waals surface area contributed by atoms with E-state index < -0.39 is 0 Å². The van der Waals surface area contributed by atoms with Crippen LogP contribution in [-0.4, -0.2) is 4.98 Å². The molecule has 0 unspecified atom stereocenters. The Kier molecular flexibility index (Phi) is 2.18. The number of nitrogen functional groups attached to an aromatic ring is 1. The quantitative estimate of drug-likeness (QED) is 0.756. The summed E-state index contributed by atoms with van der Waals surface area (Å²) in [5.74, 6) is 0. The van der Waals surface area contributed by atoms with Gasteiger partial charge in [-0.3, -0.25) is 0 Å². The van der Waals surface area contributed by atoms with Crippen LogP contribution in [0.15, 0.2) is 0 Å². The Morgan fingerprint density at radius 2 is 1.94 bits per heavy atom. The van der Waals surface area contributed by atoms with Crippen LogP contribution in [-0.2, 0) is 12.8 Å². The van der Waals surface area contributed by atoms with Crippen molar-refractivity contribution in [2.75, 3.05) is 5.73 Å². The molecule has 0 radical (unpaired) electrons. The Balaban J connectivity index is 2.39. The average molecular weight is 232 g/mol. The number of fused-ring (bicyclic) bond motifs is 2. The maximum absolute atomic E-state index is 6.32. The number of pyridine rings is 1. The van der Waals surface area contributed by atoms with E-state index >= 15 is 0 Å². The number of nitrogens with two attached hydrogens (primary N) is 1. The van der Waals surface area contributed by atoms with Gasteiger partial charge in [-0.1, -0.05) is 0 Å². The van der Waals surface area contributed by atoms with Crippen LogP contribution in [0.5, 0.6) is 0 Å². The number of anilines is 1. The first-order valence-electron chi connectivity index (χ1n) is 5.85. The van der Waals surface area contributed by atoms with Crippen LogP contribution in [0.1, 0.15) is 34.5 Å². The van der Waals surface area contributed by atoms with Crippen molar-refractivity contribution < 1.29 is 0 Å². The first-order chi connectivity index (χ1) is 7.68. The van der Waals surface area contributed by atoms with Crippen molar-refractivity contribution in [1.29, 1.82) is 0 Å². The molecule has 3 rings (SSSR count). The van der Waals surface area contributed by atoms with Crippen molar-refractivity contribution in [2.45, 2.75) is 39.5 Å². The molecule has 1 aliphatic rings. The van der Waals surface area contributed by atoms with Crippen LogP contribution in [0.3, 0.4) is 0 Å². The largest absolute Gasteiger partial charge is 0.398 e. The predicted molar refractivity (Wildman–Crippen MR) is 70.1 cm³/mol. The van der Waals surface area contributed by atoms with E-state index in [0.29, 0.717) is 0 Å². The third-order valence-corrected chi connectivity index (χ3v) is 4.74. The second-order valence-electron chi connectivity index (χ2n) is 4.62. The van der Waals surface area contributed by atoms with Crippen LogP contribution in [0.25, 0.3) is 10.2 Å². The molecule has 0 saturated heterocycles. The molecular formula is C13H16N2S. The van der Waals surface area contributed by atoms with Crippen LogP contribution < -0.4 is 5.73 Å². The lowest BCUT2D eigenvalue weighted by Gasteiger charge is -2.17. The van der Waals surface area contributed by atoms with Crippen molar-refractivity contribution >= 4 is 27.2 Å². The fourth-order valence-electron chi connectivity index (χ4n) is 2.58. The molecular weight excluding hydrogens is 216 g/mol. The Hall–Kier alpha value is -1.09. The lowest BCUT2D eigenvalue weighted by Crippen LogP contribution is -2.08. The van der Waals surface area contributed by atoms with Crippen molar-refractivity contribution in [1.82, 2.24) is 4.98 Å². The van der Waals surface area contributed by atoms with Crippen LogP contribution in [0.2, 0.25) is 0 Å². The van der Waals surface area contributed by atoms with E-state index in [1.165, 1.54) is 39.9 Å². The molecule has 2 N–H and O–H groups in total. The van der Waals surface area contributed by atoms with Gasteiger partial charge in [-0.25, -0.2) is 4.98 Å². The number of nitrogens with zero attached hydrogens (tertiary/aromatic N) is 1. The molecule has 0 aromatic carbocycles. The van der Waals surface area contributed by atoms with Crippen LogP contribution in [0.4, 0.5) is 5.69 Å². The van der Waals surface area contributed by atoms with E-state index in [2.05, 4.69) is 13.8 Å². The second-order valence-corrected chi connectivity index (χ2v) is 5.82. The van der Waals surface area contributed by atoms with Crippen LogP contribution in [0, 0.1) is 13.8 Å². The van der Waals surface area contributed by atoms with E-state index in [4.69, 9.17) is 10.7 Å². The summed E-state index contributed by atoms with van der Waals surface area (Å²) >= 11 is 1.77. The summed E-state index contributed by atoms with van der Waals surface area (Å²) in [6.45, 7) is 4.31. The summed E-state index contributed by atoms with van der Waals surface area (Å²) in [4.78, 5) is 7.27.